The largest absolute Gasteiger partial charge is 0.390 e. The maximum atomic E-state index is 12.6. The third-order valence-corrected chi connectivity index (χ3v) is 4.92. The number of amides is 1. The summed E-state index contributed by atoms with van der Waals surface area (Å²) in [6.45, 7) is 2.27. The topological polar surface area (TPSA) is 117 Å². The molecule has 0 bridgehead atoms. The van der Waals surface area contributed by atoms with Crippen LogP contribution in [-0.4, -0.2) is 32.5 Å². The zero-order valence-electron chi connectivity index (χ0n) is 14.4. The molecule has 3 rings (SSSR count). The average Bonchev–Trinajstić information content (AvgIpc) is 3.31. The SMILES string of the molecule is Cc1ccc(-c2ccc(C(=O)NC(CCN)c3nc(CO)cs3)[nH]2)nc1. The quantitative estimate of drug-likeness (QED) is 0.508. The van der Waals surface area contributed by atoms with Crippen LogP contribution in [0.4, 0.5) is 0 Å². The number of hydrogen-bond donors (Lipinski definition) is 4. The molecular formula is C18H21N5O2S. The van der Waals surface area contributed by atoms with Gasteiger partial charge >= 0.3 is 0 Å². The van der Waals surface area contributed by atoms with Crippen LogP contribution >= 0.6 is 11.3 Å². The fraction of sp³-hybridized carbons (Fsp3) is 0.278. The first kappa shape index (κ1) is 18.2. The molecule has 0 saturated heterocycles. The fourth-order valence-electron chi connectivity index (χ4n) is 2.52. The number of aliphatic hydroxyl groups excluding tert-OH is 1. The van der Waals surface area contributed by atoms with Crippen LogP contribution in [0.2, 0.25) is 0 Å². The summed E-state index contributed by atoms with van der Waals surface area (Å²) in [4.78, 5) is 24.4. The number of thiazole rings is 1. The number of H-pyrrole nitrogens is 1. The Morgan fingerprint density at radius 1 is 1.38 bits per heavy atom. The molecule has 0 saturated carbocycles. The molecule has 0 aliphatic carbocycles. The molecule has 1 amide bonds. The van der Waals surface area contributed by atoms with E-state index < -0.39 is 0 Å². The smallest absolute Gasteiger partial charge is 0.268 e. The van der Waals surface area contributed by atoms with Crippen molar-refractivity contribution < 1.29 is 9.90 Å². The highest BCUT2D eigenvalue weighted by Gasteiger charge is 2.19. The van der Waals surface area contributed by atoms with E-state index in [4.69, 9.17) is 5.73 Å². The number of nitrogens with zero attached hydrogens (tertiary/aromatic N) is 2. The number of aromatic nitrogens is 3. The number of carbonyl (C=O) groups excluding carboxylic acids is 1. The summed E-state index contributed by atoms with van der Waals surface area (Å²) in [5.41, 5.74) is 9.35. The summed E-state index contributed by atoms with van der Waals surface area (Å²) in [5, 5.41) is 14.6. The van der Waals surface area contributed by atoms with Gasteiger partial charge in [0.25, 0.3) is 5.91 Å². The Bertz CT molecular complexity index is 872. The van der Waals surface area contributed by atoms with Crippen LogP contribution in [0.1, 0.15) is 39.2 Å². The van der Waals surface area contributed by atoms with E-state index in [0.717, 1.165) is 22.0 Å². The van der Waals surface area contributed by atoms with Crippen LogP contribution in [0.5, 0.6) is 0 Å². The van der Waals surface area contributed by atoms with Gasteiger partial charge in [0.15, 0.2) is 0 Å². The number of nitrogens with one attached hydrogen (secondary N) is 2. The average molecular weight is 371 g/mol. The van der Waals surface area contributed by atoms with E-state index in [2.05, 4.69) is 20.3 Å². The van der Waals surface area contributed by atoms with Gasteiger partial charge in [0.05, 0.1) is 29.7 Å². The lowest BCUT2D eigenvalue weighted by Gasteiger charge is -2.15. The maximum absolute atomic E-state index is 12.6. The number of aliphatic hydroxyl groups is 1. The van der Waals surface area contributed by atoms with Crippen LogP contribution in [0.3, 0.4) is 0 Å². The fourth-order valence-corrected chi connectivity index (χ4v) is 3.41. The lowest BCUT2D eigenvalue weighted by Crippen LogP contribution is -2.30. The van der Waals surface area contributed by atoms with E-state index in [1.54, 1.807) is 17.6 Å². The maximum Gasteiger partial charge on any atom is 0.268 e. The summed E-state index contributed by atoms with van der Waals surface area (Å²) in [5.74, 6) is -0.234. The Balaban J connectivity index is 1.74. The zero-order valence-corrected chi connectivity index (χ0v) is 15.2. The summed E-state index contributed by atoms with van der Waals surface area (Å²) >= 11 is 1.40. The molecule has 0 aliphatic rings. The molecule has 0 radical (unpaired) electrons. The Morgan fingerprint density at radius 2 is 2.23 bits per heavy atom. The molecule has 0 aromatic carbocycles. The number of nitrogens with two attached hydrogens (primary N) is 1. The summed E-state index contributed by atoms with van der Waals surface area (Å²) in [6, 6.07) is 7.15. The first-order chi connectivity index (χ1) is 12.6. The first-order valence-corrected chi connectivity index (χ1v) is 9.16. The summed E-state index contributed by atoms with van der Waals surface area (Å²) < 4.78 is 0. The molecule has 3 aromatic rings. The predicted octanol–water partition coefficient (Wildman–Crippen LogP) is 2.15. The minimum atomic E-state index is -0.290. The first-order valence-electron chi connectivity index (χ1n) is 8.29. The molecule has 7 nitrogen and oxygen atoms in total. The van der Waals surface area contributed by atoms with E-state index in [1.165, 1.54) is 11.3 Å². The van der Waals surface area contributed by atoms with Crippen LogP contribution in [-0.2, 0) is 6.61 Å². The highest BCUT2D eigenvalue weighted by Crippen LogP contribution is 2.22. The molecule has 3 heterocycles. The Hall–Kier alpha value is -2.55. The van der Waals surface area contributed by atoms with Gasteiger partial charge in [0.1, 0.15) is 10.7 Å². The van der Waals surface area contributed by atoms with Gasteiger partial charge in [-0.25, -0.2) is 4.98 Å². The molecule has 0 aliphatic heterocycles. The normalized spacial score (nSPS) is 12.1. The van der Waals surface area contributed by atoms with Gasteiger partial charge in [0, 0.05) is 11.6 Å². The molecule has 1 atom stereocenters. The van der Waals surface area contributed by atoms with Crippen molar-refractivity contribution in [2.24, 2.45) is 5.73 Å². The second kappa shape index (κ2) is 8.22. The number of rotatable bonds is 7. The van der Waals surface area contributed by atoms with Crippen molar-refractivity contribution in [3.05, 3.63) is 57.8 Å². The van der Waals surface area contributed by atoms with E-state index in [-0.39, 0.29) is 18.6 Å². The number of aryl methyl sites for hydroxylation is 1. The van der Waals surface area contributed by atoms with E-state index in [0.29, 0.717) is 24.4 Å². The molecule has 3 aromatic heterocycles. The van der Waals surface area contributed by atoms with Gasteiger partial charge in [-0.2, -0.15) is 0 Å². The van der Waals surface area contributed by atoms with Crippen LogP contribution in [0, 0.1) is 6.92 Å². The minimum Gasteiger partial charge on any atom is -0.390 e. The lowest BCUT2D eigenvalue weighted by molar-refractivity contribution is 0.0930. The van der Waals surface area contributed by atoms with Crippen molar-refractivity contribution in [1.29, 1.82) is 0 Å². The van der Waals surface area contributed by atoms with Crippen molar-refractivity contribution in [2.45, 2.75) is 26.0 Å². The van der Waals surface area contributed by atoms with Gasteiger partial charge in [-0.15, -0.1) is 11.3 Å². The van der Waals surface area contributed by atoms with Gasteiger partial charge in [-0.05, 0) is 43.7 Å². The van der Waals surface area contributed by atoms with Crippen molar-refractivity contribution in [1.82, 2.24) is 20.3 Å². The third-order valence-electron chi connectivity index (χ3n) is 3.91. The highest BCUT2D eigenvalue weighted by molar-refractivity contribution is 7.09. The van der Waals surface area contributed by atoms with Crippen molar-refractivity contribution >= 4 is 17.2 Å². The van der Waals surface area contributed by atoms with E-state index in [1.807, 2.05) is 25.1 Å². The monoisotopic (exact) mass is 371 g/mol. The Morgan fingerprint density at radius 3 is 2.88 bits per heavy atom. The second-order valence-corrected chi connectivity index (χ2v) is 6.83. The number of hydrogen-bond acceptors (Lipinski definition) is 6. The molecular weight excluding hydrogens is 350 g/mol. The van der Waals surface area contributed by atoms with Crippen molar-refractivity contribution in [3.63, 3.8) is 0 Å². The molecule has 26 heavy (non-hydrogen) atoms. The Kier molecular flexibility index (Phi) is 5.77. The van der Waals surface area contributed by atoms with Gasteiger partial charge in [-0.1, -0.05) is 6.07 Å². The van der Waals surface area contributed by atoms with Crippen LogP contribution in [0.15, 0.2) is 35.8 Å². The second-order valence-electron chi connectivity index (χ2n) is 5.95. The number of aromatic amines is 1. The molecule has 0 spiro atoms. The van der Waals surface area contributed by atoms with Gasteiger partial charge in [0.2, 0.25) is 0 Å². The summed E-state index contributed by atoms with van der Waals surface area (Å²) in [6.07, 6.45) is 2.35. The minimum absolute atomic E-state index is 0.122. The number of pyridine rings is 1. The standard InChI is InChI=1S/C18H21N5O2S/c1-11-2-3-13(20-8-11)14-4-5-15(22-14)17(25)23-16(6-7-19)18-21-12(9-24)10-26-18/h2-5,8,10,16,22,24H,6-7,9,19H2,1H3,(H,23,25). The molecule has 8 heteroatoms. The van der Waals surface area contributed by atoms with Crippen LogP contribution < -0.4 is 11.1 Å². The number of carbonyl (C=O) groups is 1. The van der Waals surface area contributed by atoms with E-state index in [9.17, 15) is 9.90 Å². The predicted molar refractivity (Wildman–Crippen MR) is 101 cm³/mol. The van der Waals surface area contributed by atoms with Gasteiger partial charge < -0.3 is 21.1 Å². The van der Waals surface area contributed by atoms with Crippen LogP contribution in [0.25, 0.3) is 11.4 Å². The third kappa shape index (κ3) is 4.16. The molecule has 136 valence electrons. The van der Waals surface area contributed by atoms with E-state index >= 15 is 0 Å². The molecule has 1 unspecified atom stereocenters. The molecule has 5 N–H and O–H groups in total. The van der Waals surface area contributed by atoms with Gasteiger partial charge in [-0.3, -0.25) is 9.78 Å². The Labute approximate surface area is 155 Å². The summed E-state index contributed by atoms with van der Waals surface area (Å²) in [7, 11) is 0. The highest BCUT2D eigenvalue weighted by atomic mass is 32.1. The van der Waals surface area contributed by atoms with Crippen molar-refractivity contribution in [2.75, 3.05) is 6.54 Å². The lowest BCUT2D eigenvalue weighted by atomic mass is 10.2. The molecule has 0 fully saturated rings. The zero-order chi connectivity index (χ0) is 18.5. The van der Waals surface area contributed by atoms with Crippen molar-refractivity contribution in [3.8, 4) is 11.4 Å².